The van der Waals surface area contributed by atoms with Crippen LogP contribution in [-0.4, -0.2) is 24.2 Å². The molecular formula is C17H18FNO3. The van der Waals surface area contributed by atoms with Crippen LogP contribution in [0.15, 0.2) is 48.5 Å². The molecule has 4 nitrogen and oxygen atoms in total. The lowest BCUT2D eigenvalue weighted by molar-refractivity contribution is 0.0851. The maximum Gasteiger partial charge on any atom is 0.251 e. The van der Waals surface area contributed by atoms with Crippen LogP contribution in [0.5, 0.6) is 5.75 Å². The Morgan fingerprint density at radius 2 is 1.91 bits per heavy atom. The lowest BCUT2D eigenvalue weighted by atomic mass is 10.0. The maximum atomic E-state index is 12.9. The molecule has 0 radical (unpaired) electrons. The van der Waals surface area contributed by atoms with Crippen molar-refractivity contribution in [1.82, 2.24) is 5.32 Å². The normalized spacial score (nSPS) is 13.3. The van der Waals surface area contributed by atoms with E-state index in [1.807, 2.05) is 0 Å². The zero-order valence-corrected chi connectivity index (χ0v) is 12.4. The Balaban J connectivity index is 2.05. The molecule has 0 heterocycles. The zero-order chi connectivity index (χ0) is 16.1. The number of aliphatic hydroxyl groups is 1. The second-order valence-corrected chi connectivity index (χ2v) is 4.99. The summed E-state index contributed by atoms with van der Waals surface area (Å²) in [4.78, 5) is 12.2. The lowest BCUT2D eigenvalue weighted by Crippen LogP contribution is -2.37. The molecule has 2 N–H and O–H groups in total. The number of rotatable bonds is 5. The summed E-state index contributed by atoms with van der Waals surface area (Å²) >= 11 is 0. The number of benzene rings is 2. The van der Waals surface area contributed by atoms with E-state index in [0.717, 1.165) is 0 Å². The van der Waals surface area contributed by atoms with Crippen LogP contribution in [0.4, 0.5) is 4.39 Å². The largest absolute Gasteiger partial charge is 0.497 e. The fraction of sp³-hybridized carbons (Fsp3) is 0.235. The van der Waals surface area contributed by atoms with Gasteiger partial charge in [0.1, 0.15) is 11.6 Å². The SMILES string of the molecule is COc1cccc(C(=O)N[C@@H](C)[C@H](O)c2ccc(F)cc2)c1. The number of nitrogens with one attached hydrogen (secondary N) is 1. The Hall–Kier alpha value is -2.40. The third kappa shape index (κ3) is 3.83. The molecule has 2 atom stereocenters. The van der Waals surface area contributed by atoms with E-state index in [-0.39, 0.29) is 11.7 Å². The van der Waals surface area contributed by atoms with Crippen molar-refractivity contribution in [1.29, 1.82) is 0 Å². The Kier molecular flexibility index (Phi) is 5.12. The van der Waals surface area contributed by atoms with Crippen LogP contribution in [0.2, 0.25) is 0 Å². The highest BCUT2D eigenvalue weighted by Crippen LogP contribution is 2.18. The molecule has 0 aliphatic carbocycles. The summed E-state index contributed by atoms with van der Waals surface area (Å²) in [5.74, 6) is -0.101. The number of carbonyl (C=O) groups excluding carboxylic acids is 1. The minimum Gasteiger partial charge on any atom is -0.497 e. The first-order chi connectivity index (χ1) is 10.5. The van der Waals surface area contributed by atoms with Gasteiger partial charge in [-0.1, -0.05) is 18.2 Å². The smallest absolute Gasteiger partial charge is 0.251 e. The van der Waals surface area contributed by atoms with E-state index < -0.39 is 12.1 Å². The van der Waals surface area contributed by atoms with Gasteiger partial charge in [0.15, 0.2) is 0 Å². The summed E-state index contributed by atoms with van der Waals surface area (Å²) < 4.78 is 18.0. The van der Waals surface area contributed by atoms with E-state index in [1.165, 1.54) is 31.4 Å². The molecule has 0 spiro atoms. The molecule has 0 fully saturated rings. The van der Waals surface area contributed by atoms with E-state index in [9.17, 15) is 14.3 Å². The molecule has 2 rings (SSSR count). The maximum absolute atomic E-state index is 12.9. The van der Waals surface area contributed by atoms with Crippen LogP contribution in [0.1, 0.15) is 28.9 Å². The van der Waals surface area contributed by atoms with E-state index >= 15 is 0 Å². The first-order valence-corrected chi connectivity index (χ1v) is 6.89. The van der Waals surface area contributed by atoms with Gasteiger partial charge in [-0.2, -0.15) is 0 Å². The van der Waals surface area contributed by atoms with Crippen LogP contribution in [0, 0.1) is 5.82 Å². The van der Waals surface area contributed by atoms with Crippen molar-refractivity contribution in [3.63, 3.8) is 0 Å². The van der Waals surface area contributed by atoms with Crippen molar-refractivity contribution in [3.05, 3.63) is 65.5 Å². The fourth-order valence-electron chi connectivity index (χ4n) is 2.08. The Labute approximate surface area is 128 Å². The Bertz CT molecular complexity index is 643. The molecule has 2 aromatic carbocycles. The van der Waals surface area contributed by atoms with Crippen molar-refractivity contribution >= 4 is 5.91 Å². The van der Waals surface area contributed by atoms with Gasteiger partial charge in [-0.15, -0.1) is 0 Å². The van der Waals surface area contributed by atoms with Gasteiger partial charge in [-0.3, -0.25) is 4.79 Å². The van der Waals surface area contributed by atoms with E-state index in [0.29, 0.717) is 16.9 Å². The van der Waals surface area contributed by atoms with Crippen molar-refractivity contribution in [2.45, 2.75) is 19.1 Å². The number of halogens is 1. The summed E-state index contributed by atoms with van der Waals surface area (Å²) in [5.41, 5.74) is 0.984. The number of ether oxygens (including phenoxy) is 1. The van der Waals surface area contributed by atoms with Gasteiger partial charge in [-0.05, 0) is 42.8 Å². The summed E-state index contributed by atoms with van der Waals surface area (Å²) in [6, 6.07) is 11.8. The molecule has 5 heteroatoms. The van der Waals surface area contributed by atoms with Gasteiger partial charge in [0.2, 0.25) is 0 Å². The standard InChI is InChI=1S/C17H18FNO3/c1-11(16(20)12-6-8-14(18)9-7-12)19-17(21)13-4-3-5-15(10-13)22-2/h3-11,16,20H,1-2H3,(H,19,21)/t11-,16-/m0/s1. The quantitative estimate of drug-likeness (QED) is 0.893. The number of aliphatic hydroxyl groups excluding tert-OH is 1. The molecule has 2 aromatic rings. The van der Waals surface area contributed by atoms with Crippen LogP contribution >= 0.6 is 0 Å². The molecule has 0 aliphatic heterocycles. The molecule has 0 bridgehead atoms. The first kappa shape index (κ1) is 16.0. The average molecular weight is 303 g/mol. The van der Waals surface area contributed by atoms with Crippen molar-refractivity contribution in [2.24, 2.45) is 0 Å². The minimum absolute atomic E-state index is 0.312. The number of hydrogen-bond acceptors (Lipinski definition) is 3. The highest BCUT2D eigenvalue weighted by Gasteiger charge is 2.19. The van der Waals surface area contributed by atoms with Crippen LogP contribution in [0.3, 0.4) is 0 Å². The van der Waals surface area contributed by atoms with Crippen LogP contribution in [-0.2, 0) is 0 Å². The molecule has 0 saturated carbocycles. The Morgan fingerprint density at radius 3 is 2.55 bits per heavy atom. The molecular weight excluding hydrogens is 285 g/mol. The summed E-state index contributed by atoms with van der Waals surface area (Å²) in [5, 5.41) is 12.9. The van der Waals surface area contributed by atoms with Crippen LogP contribution in [0.25, 0.3) is 0 Å². The van der Waals surface area contributed by atoms with E-state index in [1.54, 1.807) is 31.2 Å². The van der Waals surface area contributed by atoms with Gasteiger partial charge in [-0.25, -0.2) is 4.39 Å². The van der Waals surface area contributed by atoms with E-state index in [2.05, 4.69) is 5.32 Å². The molecule has 0 aromatic heterocycles. The number of hydrogen-bond donors (Lipinski definition) is 2. The number of methoxy groups -OCH3 is 1. The molecule has 22 heavy (non-hydrogen) atoms. The molecule has 0 aliphatic rings. The molecule has 116 valence electrons. The Morgan fingerprint density at radius 1 is 1.23 bits per heavy atom. The highest BCUT2D eigenvalue weighted by molar-refractivity contribution is 5.94. The average Bonchev–Trinajstić information content (AvgIpc) is 2.54. The van der Waals surface area contributed by atoms with Gasteiger partial charge >= 0.3 is 0 Å². The van der Waals surface area contributed by atoms with Gasteiger partial charge in [0.05, 0.1) is 19.3 Å². The van der Waals surface area contributed by atoms with Gasteiger partial charge in [0, 0.05) is 5.56 Å². The van der Waals surface area contributed by atoms with Gasteiger partial charge in [0.25, 0.3) is 5.91 Å². The third-order valence-corrected chi connectivity index (χ3v) is 3.38. The number of carbonyl (C=O) groups is 1. The lowest BCUT2D eigenvalue weighted by Gasteiger charge is -2.20. The predicted molar refractivity (Wildman–Crippen MR) is 81.3 cm³/mol. The second-order valence-electron chi connectivity index (χ2n) is 4.99. The molecule has 1 amide bonds. The van der Waals surface area contributed by atoms with Crippen molar-refractivity contribution < 1.29 is 19.0 Å². The van der Waals surface area contributed by atoms with Gasteiger partial charge < -0.3 is 15.2 Å². The minimum atomic E-state index is -0.921. The first-order valence-electron chi connectivity index (χ1n) is 6.89. The highest BCUT2D eigenvalue weighted by atomic mass is 19.1. The summed E-state index contributed by atoms with van der Waals surface area (Å²) in [6.45, 7) is 1.69. The zero-order valence-electron chi connectivity index (χ0n) is 12.4. The topological polar surface area (TPSA) is 58.6 Å². The monoisotopic (exact) mass is 303 g/mol. The molecule has 0 saturated heterocycles. The van der Waals surface area contributed by atoms with Crippen LogP contribution < -0.4 is 10.1 Å². The predicted octanol–water partition coefficient (Wildman–Crippen LogP) is 2.69. The van der Waals surface area contributed by atoms with E-state index in [4.69, 9.17) is 4.74 Å². The van der Waals surface area contributed by atoms with Crippen molar-refractivity contribution in [3.8, 4) is 5.75 Å². The summed E-state index contributed by atoms with van der Waals surface area (Å²) in [6.07, 6.45) is -0.921. The second kappa shape index (κ2) is 7.04. The number of amides is 1. The fourth-order valence-corrected chi connectivity index (χ4v) is 2.08. The molecule has 0 unspecified atom stereocenters. The summed E-state index contributed by atoms with van der Waals surface area (Å²) in [7, 11) is 1.53. The van der Waals surface area contributed by atoms with Crippen molar-refractivity contribution in [2.75, 3.05) is 7.11 Å². The third-order valence-electron chi connectivity index (χ3n) is 3.38.